The minimum Gasteiger partial charge on any atom is -0.399 e. The van der Waals surface area contributed by atoms with Crippen molar-refractivity contribution < 1.29 is 18.0 Å². The third-order valence-corrected chi connectivity index (χ3v) is 2.95. The van der Waals surface area contributed by atoms with Gasteiger partial charge in [0.25, 0.3) is 0 Å². The summed E-state index contributed by atoms with van der Waals surface area (Å²) in [5, 5.41) is 3.56. The van der Waals surface area contributed by atoms with Crippen molar-refractivity contribution in [2.24, 2.45) is 5.16 Å². The number of halogens is 4. The number of oxime groups is 1. The van der Waals surface area contributed by atoms with Crippen LogP contribution >= 0.6 is 11.6 Å². The highest BCUT2D eigenvalue weighted by atomic mass is 35.5. The molecule has 110 valence electrons. The van der Waals surface area contributed by atoms with Gasteiger partial charge in [-0.2, -0.15) is 13.2 Å². The molecule has 2 rings (SSSR count). The molecule has 0 aliphatic rings. The lowest BCUT2D eigenvalue weighted by Gasteiger charge is -2.09. The number of pyridine rings is 1. The van der Waals surface area contributed by atoms with Gasteiger partial charge in [-0.15, -0.1) is 0 Å². The molecule has 0 aliphatic heterocycles. The summed E-state index contributed by atoms with van der Waals surface area (Å²) in [6, 6.07) is 7.71. The van der Waals surface area contributed by atoms with E-state index in [0.717, 1.165) is 17.8 Å². The summed E-state index contributed by atoms with van der Waals surface area (Å²) in [5.41, 5.74) is 0.812. The van der Waals surface area contributed by atoms with Crippen molar-refractivity contribution in [2.45, 2.75) is 6.18 Å². The second kappa shape index (κ2) is 6.13. The normalized spacial score (nSPS) is 11.9. The molecular weight excluding hydrogens is 305 g/mol. The number of rotatable bonds is 3. The van der Waals surface area contributed by atoms with E-state index in [0.29, 0.717) is 11.3 Å². The van der Waals surface area contributed by atoms with Gasteiger partial charge in [0.2, 0.25) is 0 Å². The fourth-order valence-corrected chi connectivity index (χ4v) is 1.92. The molecule has 1 aromatic heterocycles. The molecule has 0 saturated carbocycles. The average molecular weight is 315 g/mol. The zero-order valence-electron chi connectivity index (χ0n) is 10.9. The number of alkyl halides is 3. The Kier molecular flexibility index (Phi) is 4.47. The van der Waals surface area contributed by atoms with Crippen molar-refractivity contribution in [2.75, 3.05) is 7.11 Å². The van der Waals surface area contributed by atoms with E-state index in [1.54, 1.807) is 24.3 Å². The van der Waals surface area contributed by atoms with Crippen LogP contribution in [-0.2, 0) is 11.0 Å². The van der Waals surface area contributed by atoms with E-state index in [-0.39, 0.29) is 5.02 Å². The van der Waals surface area contributed by atoms with Crippen LogP contribution in [0.15, 0.2) is 41.7 Å². The number of benzene rings is 1. The largest absolute Gasteiger partial charge is 0.417 e. The average Bonchev–Trinajstić information content (AvgIpc) is 2.45. The van der Waals surface area contributed by atoms with Gasteiger partial charge in [0.15, 0.2) is 0 Å². The maximum absolute atomic E-state index is 12.5. The van der Waals surface area contributed by atoms with Gasteiger partial charge in [0, 0.05) is 11.8 Å². The van der Waals surface area contributed by atoms with Gasteiger partial charge in [0.1, 0.15) is 7.11 Å². The summed E-state index contributed by atoms with van der Waals surface area (Å²) < 4.78 is 37.6. The Balaban J connectivity index is 2.32. The minimum atomic E-state index is -4.46. The molecule has 0 saturated heterocycles. The molecule has 0 radical (unpaired) electrons. The molecule has 0 aliphatic carbocycles. The highest BCUT2D eigenvalue weighted by Gasteiger charge is 2.31. The Bertz CT molecular complexity index is 654. The van der Waals surface area contributed by atoms with E-state index in [1.807, 2.05) is 0 Å². The molecule has 1 heterocycles. The molecular formula is C14H10ClF3N2O. The Morgan fingerprint density at radius 2 is 1.90 bits per heavy atom. The van der Waals surface area contributed by atoms with Crippen molar-refractivity contribution in [3.05, 3.63) is 52.7 Å². The molecule has 0 fully saturated rings. The fraction of sp³-hybridized carbons (Fsp3) is 0.143. The van der Waals surface area contributed by atoms with Crippen LogP contribution in [0.2, 0.25) is 5.02 Å². The molecule has 1 aromatic carbocycles. The van der Waals surface area contributed by atoms with Gasteiger partial charge in [-0.25, -0.2) is 0 Å². The van der Waals surface area contributed by atoms with Gasteiger partial charge in [-0.3, -0.25) is 4.98 Å². The lowest BCUT2D eigenvalue weighted by molar-refractivity contribution is -0.137. The third-order valence-electron chi connectivity index (χ3n) is 2.66. The van der Waals surface area contributed by atoms with Gasteiger partial charge < -0.3 is 4.84 Å². The maximum Gasteiger partial charge on any atom is 0.417 e. The van der Waals surface area contributed by atoms with Crippen molar-refractivity contribution in [3.8, 4) is 11.3 Å². The first-order valence-corrected chi connectivity index (χ1v) is 6.19. The maximum atomic E-state index is 12.5. The standard InChI is InChI=1S/C14H10ClF3N2O/c1-21-20-7-9-2-4-10(5-3-9)13-12(15)6-11(8-19-13)14(16,17)18/h2-8H,1H3. The van der Waals surface area contributed by atoms with Crippen LogP contribution in [0.25, 0.3) is 11.3 Å². The van der Waals surface area contributed by atoms with Gasteiger partial charge >= 0.3 is 6.18 Å². The summed E-state index contributed by atoms with van der Waals surface area (Å²) in [7, 11) is 1.43. The van der Waals surface area contributed by atoms with Crippen LogP contribution in [0.4, 0.5) is 13.2 Å². The zero-order chi connectivity index (χ0) is 15.5. The Hall–Kier alpha value is -2.08. The quantitative estimate of drug-likeness (QED) is 0.621. The summed E-state index contributed by atoms with van der Waals surface area (Å²) in [6.07, 6.45) is -2.19. The molecule has 2 aromatic rings. The van der Waals surface area contributed by atoms with Crippen LogP contribution in [0.3, 0.4) is 0 Å². The van der Waals surface area contributed by atoms with Gasteiger partial charge in [-0.05, 0) is 11.6 Å². The van der Waals surface area contributed by atoms with Crippen molar-refractivity contribution >= 4 is 17.8 Å². The summed E-state index contributed by atoms with van der Waals surface area (Å²) in [6.45, 7) is 0. The summed E-state index contributed by atoms with van der Waals surface area (Å²) in [4.78, 5) is 8.35. The van der Waals surface area contributed by atoms with E-state index in [9.17, 15) is 13.2 Å². The van der Waals surface area contributed by atoms with E-state index in [2.05, 4.69) is 15.0 Å². The molecule has 0 atom stereocenters. The van der Waals surface area contributed by atoms with E-state index < -0.39 is 11.7 Å². The molecule has 0 unspecified atom stereocenters. The van der Waals surface area contributed by atoms with Crippen LogP contribution in [-0.4, -0.2) is 18.3 Å². The Morgan fingerprint density at radius 1 is 1.24 bits per heavy atom. The number of hydrogen-bond acceptors (Lipinski definition) is 3. The fourth-order valence-electron chi connectivity index (χ4n) is 1.65. The first-order valence-electron chi connectivity index (χ1n) is 5.81. The number of aromatic nitrogens is 1. The molecule has 7 heteroatoms. The lowest BCUT2D eigenvalue weighted by atomic mass is 10.1. The third kappa shape index (κ3) is 3.72. The zero-order valence-corrected chi connectivity index (χ0v) is 11.6. The minimum absolute atomic E-state index is 0.0527. The molecule has 21 heavy (non-hydrogen) atoms. The highest BCUT2D eigenvalue weighted by molar-refractivity contribution is 6.33. The topological polar surface area (TPSA) is 34.5 Å². The monoisotopic (exact) mass is 314 g/mol. The van der Waals surface area contributed by atoms with Crippen LogP contribution in [0, 0.1) is 0 Å². The lowest BCUT2D eigenvalue weighted by Crippen LogP contribution is -2.05. The second-order valence-corrected chi connectivity index (χ2v) is 4.50. The smallest absolute Gasteiger partial charge is 0.399 e. The SMILES string of the molecule is CON=Cc1ccc(-c2ncc(C(F)(F)F)cc2Cl)cc1. The summed E-state index contributed by atoms with van der Waals surface area (Å²) >= 11 is 5.88. The molecule has 0 amide bonds. The van der Waals surface area contributed by atoms with Crippen molar-refractivity contribution in [1.82, 2.24) is 4.98 Å². The first-order chi connectivity index (χ1) is 9.91. The van der Waals surface area contributed by atoms with E-state index in [4.69, 9.17) is 11.6 Å². The predicted molar refractivity (Wildman–Crippen MR) is 74.3 cm³/mol. The highest BCUT2D eigenvalue weighted by Crippen LogP contribution is 2.33. The molecule has 0 bridgehead atoms. The summed E-state index contributed by atoms with van der Waals surface area (Å²) in [5.74, 6) is 0. The number of hydrogen-bond donors (Lipinski definition) is 0. The van der Waals surface area contributed by atoms with Crippen LogP contribution < -0.4 is 0 Å². The first kappa shape index (κ1) is 15.3. The van der Waals surface area contributed by atoms with Crippen LogP contribution in [0.5, 0.6) is 0 Å². The second-order valence-electron chi connectivity index (χ2n) is 4.09. The Morgan fingerprint density at radius 3 is 2.43 bits per heavy atom. The van der Waals surface area contributed by atoms with Crippen molar-refractivity contribution in [1.29, 1.82) is 0 Å². The van der Waals surface area contributed by atoms with Crippen molar-refractivity contribution in [3.63, 3.8) is 0 Å². The number of nitrogens with zero attached hydrogens (tertiary/aromatic N) is 2. The van der Waals surface area contributed by atoms with Gasteiger partial charge in [0.05, 0.1) is 22.5 Å². The molecule has 3 nitrogen and oxygen atoms in total. The molecule has 0 N–H and O–H groups in total. The van der Waals surface area contributed by atoms with Crippen LogP contribution in [0.1, 0.15) is 11.1 Å². The Labute approximate surface area is 124 Å². The van der Waals surface area contributed by atoms with E-state index in [1.165, 1.54) is 13.3 Å². The molecule has 0 spiro atoms. The van der Waals surface area contributed by atoms with Gasteiger partial charge in [-0.1, -0.05) is 41.0 Å². The van der Waals surface area contributed by atoms with E-state index >= 15 is 0 Å². The predicted octanol–water partition coefficient (Wildman–Crippen LogP) is 4.40.